The molecule has 0 fully saturated rings. The molecule has 0 radical (unpaired) electrons. The molecule has 4 heteroatoms. The second-order valence-electron chi connectivity index (χ2n) is 4.86. The Morgan fingerprint density at radius 3 is 2.74 bits per heavy atom. The number of nitrogens with zero attached hydrogens (tertiary/aromatic N) is 1. The molecule has 19 heavy (non-hydrogen) atoms. The van der Waals surface area contributed by atoms with Gasteiger partial charge in [0.25, 0.3) is 5.91 Å². The third-order valence-corrected chi connectivity index (χ3v) is 3.68. The molecule has 1 aromatic carbocycles. The monoisotopic (exact) mass is 279 g/mol. The van der Waals surface area contributed by atoms with Gasteiger partial charge in [-0.05, 0) is 37.7 Å². The molecule has 0 saturated carbocycles. The number of unbranched alkanes of at least 4 members (excludes halogenated alkanes) is 3. The van der Waals surface area contributed by atoms with Crippen LogP contribution >= 0.6 is 12.6 Å². The summed E-state index contributed by atoms with van der Waals surface area (Å²) in [7, 11) is 0. The number of hydrogen-bond acceptors (Lipinski definition) is 3. The van der Waals surface area contributed by atoms with Gasteiger partial charge in [-0.1, -0.05) is 25.0 Å². The Morgan fingerprint density at radius 2 is 1.95 bits per heavy atom. The van der Waals surface area contributed by atoms with Crippen molar-refractivity contribution in [2.24, 2.45) is 0 Å². The zero-order valence-electron chi connectivity index (χ0n) is 11.3. The topological polar surface area (TPSA) is 29.5 Å². The van der Waals surface area contributed by atoms with Gasteiger partial charge in [-0.25, -0.2) is 0 Å². The Bertz CT molecular complexity index is 436. The third kappa shape index (κ3) is 3.44. The first kappa shape index (κ1) is 14.3. The molecule has 1 atom stereocenters. The van der Waals surface area contributed by atoms with Crippen molar-refractivity contribution in [3.05, 3.63) is 24.3 Å². The minimum Gasteiger partial charge on any atom is -0.479 e. The molecule has 1 unspecified atom stereocenters. The smallest absolute Gasteiger partial charge is 0.267 e. The van der Waals surface area contributed by atoms with Crippen LogP contribution < -0.4 is 9.64 Å². The van der Waals surface area contributed by atoms with Crippen LogP contribution in [0.25, 0.3) is 0 Å². The van der Waals surface area contributed by atoms with E-state index in [1.54, 1.807) is 0 Å². The van der Waals surface area contributed by atoms with Crippen molar-refractivity contribution in [3.8, 4) is 5.75 Å². The van der Waals surface area contributed by atoms with Gasteiger partial charge in [-0.2, -0.15) is 12.6 Å². The van der Waals surface area contributed by atoms with Crippen molar-refractivity contribution in [3.63, 3.8) is 0 Å². The van der Waals surface area contributed by atoms with Crippen LogP contribution in [0.5, 0.6) is 5.75 Å². The summed E-state index contributed by atoms with van der Waals surface area (Å²) < 4.78 is 5.62. The molecule has 1 aromatic rings. The van der Waals surface area contributed by atoms with E-state index in [-0.39, 0.29) is 12.0 Å². The summed E-state index contributed by atoms with van der Waals surface area (Å²) in [6.07, 6.45) is 4.11. The van der Waals surface area contributed by atoms with Crippen molar-refractivity contribution in [2.75, 3.05) is 17.2 Å². The number of ether oxygens (including phenoxy) is 1. The fraction of sp³-hybridized carbons (Fsp3) is 0.533. The van der Waals surface area contributed by atoms with E-state index < -0.39 is 0 Å². The molecule has 0 aliphatic carbocycles. The molecule has 0 saturated heterocycles. The number of carbonyl (C=O) groups excluding carboxylic acids is 1. The minimum atomic E-state index is -0.382. The molecule has 0 aromatic heterocycles. The first-order valence-corrected chi connectivity index (χ1v) is 7.55. The van der Waals surface area contributed by atoms with Gasteiger partial charge in [-0.3, -0.25) is 4.79 Å². The predicted molar refractivity (Wildman–Crippen MR) is 81.2 cm³/mol. The molecule has 104 valence electrons. The second kappa shape index (κ2) is 6.85. The summed E-state index contributed by atoms with van der Waals surface area (Å²) in [5, 5.41) is 0. The van der Waals surface area contributed by atoms with Crippen LogP contribution in [0.3, 0.4) is 0 Å². The molecule has 0 N–H and O–H groups in total. The lowest BCUT2D eigenvalue weighted by atomic mass is 10.1. The van der Waals surface area contributed by atoms with E-state index in [1.807, 2.05) is 36.1 Å². The first-order chi connectivity index (χ1) is 9.24. The molecule has 3 nitrogen and oxygen atoms in total. The highest BCUT2D eigenvalue weighted by Gasteiger charge is 2.30. The molecule has 1 aliphatic rings. The Balaban J connectivity index is 2.00. The van der Waals surface area contributed by atoms with Crippen molar-refractivity contribution >= 4 is 24.2 Å². The number of fused-ring (bicyclic) bond motifs is 1. The Labute approximate surface area is 120 Å². The fourth-order valence-electron chi connectivity index (χ4n) is 2.32. The standard InChI is InChI=1S/C15H21NO2S/c1-12-15(17)16(10-6-2-3-7-11-19)13-8-4-5-9-14(13)18-12/h4-5,8-9,12,19H,2-3,6-7,10-11H2,1H3. The number of anilines is 1. The highest BCUT2D eigenvalue weighted by molar-refractivity contribution is 7.80. The van der Waals surface area contributed by atoms with Gasteiger partial charge in [0.1, 0.15) is 5.75 Å². The van der Waals surface area contributed by atoms with E-state index in [1.165, 1.54) is 6.42 Å². The van der Waals surface area contributed by atoms with Crippen molar-refractivity contribution in [2.45, 2.75) is 38.7 Å². The maximum Gasteiger partial charge on any atom is 0.267 e. The van der Waals surface area contributed by atoms with Gasteiger partial charge < -0.3 is 9.64 Å². The largest absolute Gasteiger partial charge is 0.479 e. The highest BCUT2D eigenvalue weighted by Crippen LogP contribution is 2.33. The average Bonchev–Trinajstić information content (AvgIpc) is 2.42. The number of thiol groups is 1. The summed E-state index contributed by atoms with van der Waals surface area (Å²) in [6.45, 7) is 2.59. The maximum absolute atomic E-state index is 12.2. The molecular formula is C15H21NO2S. The van der Waals surface area contributed by atoms with Gasteiger partial charge in [0.05, 0.1) is 5.69 Å². The average molecular weight is 279 g/mol. The van der Waals surface area contributed by atoms with Crippen molar-refractivity contribution in [1.29, 1.82) is 0 Å². The zero-order valence-corrected chi connectivity index (χ0v) is 12.2. The number of hydrogen-bond donors (Lipinski definition) is 1. The van der Waals surface area contributed by atoms with Gasteiger partial charge in [-0.15, -0.1) is 0 Å². The predicted octanol–water partition coefficient (Wildman–Crippen LogP) is 3.29. The summed E-state index contributed by atoms with van der Waals surface area (Å²) in [6, 6.07) is 7.75. The fourth-order valence-corrected chi connectivity index (χ4v) is 2.55. The van der Waals surface area contributed by atoms with Gasteiger partial charge in [0.15, 0.2) is 6.10 Å². The number of rotatable bonds is 6. The van der Waals surface area contributed by atoms with E-state index in [0.29, 0.717) is 0 Å². The molecule has 1 heterocycles. The lowest BCUT2D eigenvalue weighted by Crippen LogP contribution is -2.44. The van der Waals surface area contributed by atoms with Crippen LogP contribution in [-0.4, -0.2) is 24.3 Å². The Morgan fingerprint density at radius 1 is 1.21 bits per heavy atom. The summed E-state index contributed by atoms with van der Waals surface area (Å²) in [5.41, 5.74) is 0.903. The molecule has 1 amide bonds. The first-order valence-electron chi connectivity index (χ1n) is 6.92. The molecule has 0 spiro atoms. The van der Waals surface area contributed by atoms with E-state index in [2.05, 4.69) is 12.6 Å². The number of amides is 1. The lowest BCUT2D eigenvalue weighted by Gasteiger charge is -2.33. The summed E-state index contributed by atoms with van der Waals surface area (Å²) in [4.78, 5) is 14.1. The SMILES string of the molecule is CC1Oc2ccccc2N(CCCCCCS)C1=O. The Kier molecular flexibility index (Phi) is 5.14. The van der Waals surface area contributed by atoms with E-state index >= 15 is 0 Å². The van der Waals surface area contributed by atoms with Crippen LogP contribution in [-0.2, 0) is 4.79 Å². The minimum absolute atomic E-state index is 0.0629. The Hall–Kier alpha value is -1.16. The van der Waals surface area contributed by atoms with Crippen LogP contribution in [0.4, 0.5) is 5.69 Å². The number of benzene rings is 1. The second-order valence-corrected chi connectivity index (χ2v) is 5.30. The highest BCUT2D eigenvalue weighted by atomic mass is 32.1. The van der Waals surface area contributed by atoms with Crippen LogP contribution in [0.1, 0.15) is 32.6 Å². The van der Waals surface area contributed by atoms with Crippen LogP contribution in [0.15, 0.2) is 24.3 Å². The quantitative estimate of drug-likeness (QED) is 0.639. The van der Waals surface area contributed by atoms with Crippen molar-refractivity contribution < 1.29 is 9.53 Å². The maximum atomic E-state index is 12.2. The van der Waals surface area contributed by atoms with Crippen LogP contribution in [0, 0.1) is 0 Å². The summed E-state index contributed by atoms with van der Waals surface area (Å²) in [5.74, 6) is 1.81. The van der Waals surface area contributed by atoms with E-state index in [0.717, 1.165) is 43.0 Å². The van der Waals surface area contributed by atoms with Crippen molar-refractivity contribution in [1.82, 2.24) is 0 Å². The molecule has 0 bridgehead atoms. The van der Waals surface area contributed by atoms with Gasteiger partial charge >= 0.3 is 0 Å². The van der Waals surface area contributed by atoms with E-state index in [9.17, 15) is 4.79 Å². The van der Waals surface area contributed by atoms with Crippen LogP contribution in [0.2, 0.25) is 0 Å². The molecule has 2 rings (SSSR count). The molecular weight excluding hydrogens is 258 g/mol. The third-order valence-electron chi connectivity index (χ3n) is 3.36. The summed E-state index contributed by atoms with van der Waals surface area (Å²) >= 11 is 4.21. The zero-order chi connectivity index (χ0) is 13.7. The number of para-hydroxylation sites is 2. The van der Waals surface area contributed by atoms with E-state index in [4.69, 9.17) is 4.74 Å². The van der Waals surface area contributed by atoms with Gasteiger partial charge in [0.2, 0.25) is 0 Å². The number of carbonyl (C=O) groups is 1. The lowest BCUT2D eigenvalue weighted by molar-refractivity contribution is -0.125. The normalized spacial score (nSPS) is 18.1. The molecule has 1 aliphatic heterocycles. The van der Waals surface area contributed by atoms with Gasteiger partial charge in [0, 0.05) is 6.54 Å².